The number of pyridine rings is 1. The lowest BCUT2D eigenvalue weighted by atomic mass is 9.98. The van der Waals surface area contributed by atoms with Crippen LogP contribution in [0.2, 0.25) is 0 Å². The monoisotopic (exact) mass is 505 g/mol. The quantitative estimate of drug-likeness (QED) is 0.194. The van der Waals surface area contributed by atoms with Gasteiger partial charge in [-0.25, -0.2) is 0 Å². The highest BCUT2D eigenvalue weighted by atomic mass is 32.2. The third-order valence-corrected chi connectivity index (χ3v) is 7.25. The molecule has 0 unspecified atom stereocenters. The summed E-state index contributed by atoms with van der Waals surface area (Å²) in [6.45, 7) is 0. The van der Waals surface area contributed by atoms with Crippen LogP contribution < -0.4 is 16.0 Å². The molecule has 0 saturated carbocycles. The van der Waals surface area contributed by atoms with Gasteiger partial charge >= 0.3 is 0 Å². The molecule has 4 aromatic carbocycles. The molecule has 0 aliphatic carbocycles. The van der Waals surface area contributed by atoms with Crippen molar-refractivity contribution >= 4 is 16.0 Å². The van der Waals surface area contributed by atoms with Crippen molar-refractivity contribution in [2.45, 2.75) is 4.90 Å². The zero-order chi connectivity index (χ0) is 25.8. The highest BCUT2D eigenvalue weighted by Crippen LogP contribution is 2.30. The summed E-state index contributed by atoms with van der Waals surface area (Å²) in [5.74, 6) is -0.507. The summed E-state index contributed by atoms with van der Waals surface area (Å²) in [6.07, 6.45) is 0. The van der Waals surface area contributed by atoms with Gasteiger partial charge in [-0.1, -0.05) is 66.7 Å². The van der Waals surface area contributed by atoms with Gasteiger partial charge in [0.15, 0.2) is 0 Å². The fourth-order valence-corrected chi connectivity index (χ4v) is 5.13. The van der Waals surface area contributed by atoms with E-state index >= 15 is 0 Å². The van der Waals surface area contributed by atoms with E-state index < -0.39 is 16.0 Å². The number of benzene rings is 4. The average Bonchev–Trinajstić information content (AvgIpc) is 2.93. The van der Waals surface area contributed by atoms with Crippen molar-refractivity contribution in [3.8, 4) is 39.3 Å². The third kappa shape index (κ3) is 5.12. The Labute approximate surface area is 216 Å². The molecule has 4 N–H and O–H groups in total. The van der Waals surface area contributed by atoms with Gasteiger partial charge < -0.3 is 11.5 Å². The smallest absolute Gasteiger partial charge is 0.285 e. The van der Waals surface area contributed by atoms with Crippen LogP contribution in [0.15, 0.2) is 137 Å². The highest BCUT2D eigenvalue weighted by molar-refractivity contribution is 7.90. The average molecular weight is 506 g/mol. The highest BCUT2D eigenvalue weighted by Gasteiger charge is 2.25. The molecular weight excluding hydrogens is 480 g/mol. The van der Waals surface area contributed by atoms with Crippen molar-refractivity contribution in [2.24, 2.45) is 15.9 Å². The summed E-state index contributed by atoms with van der Waals surface area (Å²) in [5, 5.41) is 0. The fourth-order valence-electron chi connectivity index (χ4n) is 4.27. The van der Waals surface area contributed by atoms with Gasteiger partial charge in [-0.2, -0.15) is 13.0 Å². The fraction of sp³-hybridized carbons (Fsp3) is 0. The van der Waals surface area contributed by atoms with Crippen LogP contribution in [0, 0.1) is 0 Å². The standard InChI is InChI=1S/C30H25N4O2S/c31-30(32)33-37(35,36)27-18-16-26(17-19-27)34-28(23-12-6-2-7-13-23)20-25(22-10-4-1-5-11-22)21-29(34)24-14-8-3-9-15-24/h1-21H,(H4,31,32,33)/q+1. The second kappa shape index (κ2) is 10.1. The molecule has 0 radical (unpaired) electrons. The zero-order valence-corrected chi connectivity index (χ0v) is 20.7. The minimum Gasteiger partial charge on any atom is -0.369 e. The topological polar surface area (TPSA) is 102 Å². The van der Waals surface area contributed by atoms with Crippen LogP contribution in [0.4, 0.5) is 0 Å². The molecule has 0 aliphatic heterocycles. The molecule has 6 nitrogen and oxygen atoms in total. The molecule has 1 aromatic heterocycles. The Bertz CT molecular complexity index is 1600. The lowest BCUT2D eigenvalue weighted by molar-refractivity contribution is -0.572. The Morgan fingerprint density at radius 1 is 0.568 bits per heavy atom. The van der Waals surface area contributed by atoms with E-state index in [2.05, 4.69) is 57.5 Å². The number of sulfonamides is 1. The first-order valence-electron chi connectivity index (χ1n) is 11.6. The summed E-state index contributed by atoms with van der Waals surface area (Å²) in [4.78, 5) is 0.00804. The van der Waals surface area contributed by atoms with Crippen molar-refractivity contribution < 1.29 is 13.0 Å². The Kier molecular flexibility index (Phi) is 6.53. The molecule has 7 heteroatoms. The Morgan fingerprint density at radius 3 is 1.43 bits per heavy atom. The molecule has 0 spiro atoms. The SMILES string of the molecule is NC(N)=NS(=O)(=O)c1ccc(-[n+]2c(-c3ccccc3)cc(-c3ccccc3)cc2-c2ccccc2)cc1. The second-order valence-corrected chi connectivity index (χ2v) is 10.0. The van der Waals surface area contributed by atoms with Crippen LogP contribution in [-0.2, 0) is 10.0 Å². The van der Waals surface area contributed by atoms with E-state index in [9.17, 15) is 8.42 Å². The number of aromatic nitrogens is 1. The van der Waals surface area contributed by atoms with Gasteiger partial charge in [0.1, 0.15) is 0 Å². The number of nitrogens with two attached hydrogens (primary N) is 2. The summed E-state index contributed by atoms with van der Waals surface area (Å²) >= 11 is 0. The lowest BCUT2D eigenvalue weighted by Gasteiger charge is -2.13. The molecule has 182 valence electrons. The van der Waals surface area contributed by atoms with Gasteiger partial charge in [0, 0.05) is 35.4 Å². The first-order valence-corrected chi connectivity index (χ1v) is 13.1. The Morgan fingerprint density at radius 2 is 1.00 bits per heavy atom. The maximum atomic E-state index is 12.5. The molecule has 0 aliphatic rings. The summed E-state index contributed by atoms with van der Waals surface area (Å²) < 4.78 is 30.6. The van der Waals surface area contributed by atoms with Crippen LogP contribution in [-0.4, -0.2) is 14.4 Å². The number of hydrogen-bond acceptors (Lipinski definition) is 2. The van der Waals surface area contributed by atoms with E-state index in [0.29, 0.717) is 0 Å². The Balaban J connectivity index is 1.79. The molecular formula is C30H25N4O2S+. The van der Waals surface area contributed by atoms with E-state index in [4.69, 9.17) is 11.5 Å². The molecule has 5 rings (SSSR count). The van der Waals surface area contributed by atoms with Gasteiger partial charge in [-0.05, 0) is 47.5 Å². The largest absolute Gasteiger partial charge is 0.369 e. The van der Waals surface area contributed by atoms with Gasteiger partial charge in [-0.15, -0.1) is 4.40 Å². The van der Waals surface area contributed by atoms with Crippen molar-refractivity contribution in [1.82, 2.24) is 0 Å². The van der Waals surface area contributed by atoms with Crippen molar-refractivity contribution in [2.75, 3.05) is 0 Å². The van der Waals surface area contributed by atoms with Crippen molar-refractivity contribution in [3.05, 3.63) is 127 Å². The van der Waals surface area contributed by atoms with E-state index in [0.717, 1.165) is 39.3 Å². The summed E-state index contributed by atoms with van der Waals surface area (Å²) in [7, 11) is -4.00. The minimum atomic E-state index is -4.00. The normalized spacial score (nSPS) is 11.1. The van der Waals surface area contributed by atoms with E-state index in [-0.39, 0.29) is 4.90 Å². The Hall–Kier alpha value is -4.75. The molecule has 0 saturated heterocycles. The number of nitrogens with zero attached hydrogens (tertiary/aromatic N) is 2. The molecule has 37 heavy (non-hydrogen) atoms. The molecule has 0 fully saturated rings. The van der Waals surface area contributed by atoms with Crippen molar-refractivity contribution in [1.29, 1.82) is 0 Å². The molecule has 0 amide bonds. The van der Waals surface area contributed by atoms with E-state index in [1.54, 1.807) is 12.1 Å². The van der Waals surface area contributed by atoms with Crippen LogP contribution >= 0.6 is 0 Å². The van der Waals surface area contributed by atoms with Gasteiger partial charge in [0.05, 0.1) is 4.90 Å². The van der Waals surface area contributed by atoms with E-state index in [1.165, 1.54) is 12.1 Å². The molecule has 0 bridgehead atoms. The lowest BCUT2D eigenvalue weighted by Crippen LogP contribution is -2.36. The van der Waals surface area contributed by atoms with Gasteiger partial charge in [0.2, 0.25) is 23.0 Å². The van der Waals surface area contributed by atoms with Crippen LogP contribution in [0.3, 0.4) is 0 Å². The molecule has 5 aromatic rings. The van der Waals surface area contributed by atoms with Crippen LogP contribution in [0.1, 0.15) is 0 Å². The predicted octanol–water partition coefficient (Wildman–Crippen LogP) is 4.93. The number of hydrogen-bond donors (Lipinski definition) is 2. The second-order valence-electron chi connectivity index (χ2n) is 8.43. The van der Waals surface area contributed by atoms with Gasteiger partial charge in [0.25, 0.3) is 10.0 Å². The molecule has 0 atom stereocenters. The maximum Gasteiger partial charge on any atom is 0.285 e. The first-order chi connectivity index (χ1) is 17.9. The number of rotatable bonds is 6. The number of guanidine groups is 1. The maximum absolute atomic E-state index is 12.5. The zero-order valence-electron chi connectivity index (χ0n) is 19.9. The van der Waals surface area contributed by atoms with E-state index in [1.807, 2.05) is 54.6 Å². The van der Waals surface area contributed by atoms with Crippen LogP contribution in [0.25, 0.3) is 39.3 Å². The van der Waals surface area contributed by atoms with Crippen molar-refractivity contribution in [3.63, 3.8) is 0 Å². The van der Waals surface area contributed by atoms with Gasteiger partial charge in [-0.3, -0.25) is 0 Å². The van der Waals surface area contributed by atoms with Crippen LogP contribution in [0.5, 0.6) is 0 Å². The first kappa shape index (κ1) is 24.0. The summed E-state index contributed by atoms with van der Waals surface area (Å²) in [6, 6.07) is 41.3. The molecule has 1 heterocycles. The predicted molar refractivity (Wildman–Crippen MR) is 147 cm³/mol. The third-order valence-electron chi connectivity index (χ3n) is 5.93. The minimum absolute atomic E-state index is 0.00804. The summed E-state index contributed by atoms with van der Waals surface area (Å²) in [5.41, 5.74) is 17.6.